The molecule has 11 heteroatoms. The molecule has 2 heterocycles. The molecule has 0 saturated carbocycles. The molecule has 2 fully saturated rings. The average molecular weight is 517 g/mol. The van der Waals surface area contributed by atoms with Crippen LogP contribution in [-0.4, -0.2) is 93.1 Å². The normalized spacial score (nSPS) is 22.7. The number of amides is 2. The zero-order valence-electron chi connectivity index (χ0n) is 22.2. The number of likely N-dealkylation sites (N-methyl/N-ethyl adjacent to an activating group) is 1. The molecule has 2 saturated heterocycles. The summed E-state index contributed by atoms with van der Waals surface area (Å²) in [6.45, 7) is 9.58. The molecule has 35 heavy (non-hydrogen) atoms. The van der Waals surface area contributed by atoms with Crippen molar-refractivity contribution in [3.05, 3.63) is 0 Å². The smallest absolute Gasteiger partial charge is 0.246 e. The molecule has 2 rings (SSSR count). The van der Waals surface area contributed by atoms with Gasteiger partial charge in [0.25, 0.3) is 0 Å². The molecule has 0 aromatic rings. The van der Waals surface area contributed by atoms with Gasteiger partial charge in [-0.05, 0) is 58.9 Å². The summed E-state index contributed by atoms with van der Waals surface area (Å²) in [4.78, 5) is 27.4. The van der Waals surface area contributed by atoms with E-state index in [1.165, 1.54) is 10.6 Å². The van der Waals surface area contributed by atoms with Gasteiger partial charge in [-0.1, -0.05) is 13.8 Å². The van der Waals surface area contributed by atoms with Crippen molar-refractivity contribution in [2.45, 2.75) is 78.0 Å². The Morgan fingerprint density at radius 1 is 1.17 bits per heavy atom. The third kappa shape index (κ3) is 8.89. The van der Waals surface area contributed by atoms with Gasteiger partial charge in [0.2, 0.25) is 21.8 Å². The van der Waals surface area contributed by atoms with E-state index < -0.39 is 32.8 Å². The maximum absolute atomic E-state index is 13.0. The molecular formula is C24H44N4O6S. The molecule has 0 aromatic carbocycles. The molecular weight excluding hydrogens is 472 g/mol. The van der Waals surface area contributed by atoms with Crippen molar-refractivity contribution in [1.82, 2.24) is 14.5 Å². The van der Waals surface area contributed by atoms with Crippen LogP contribution in [0.3, 0.4) is 0 Å². The third-order valence-corrected chi connectivity index (χ3v) is 8.44. The van der Waals surface area contributed by atoms with E-state index in [0.29, 0.717) is 26.2 Å². The lowest BCUT2D eigenvalue weighted by Gasteiger charge is -2.39. The van der Waals surface area contributed by atoms with Crippen LogP contribution in [0.2, 0.25) is 0 Å². The minimum absolute atomic E-state index is 0.105. The van der Waals surface area contributed by atoms with Crippen LogP contribution in [0.15, 0.2) is 0 Å². The lowest BCUT2D eigenvalue weighted by atomic mass is 9.86. The van der Waals surface area contributed by atoms with Gasteiger partial charge >= 0.3 is 0 Å². The Morgan fingerprint density at radius 2 is 1.86 bits per heavy atom. The fraction of sp³-hybridized carbons (Fsp3) is 0.875. The van der Waals surface area contributed by atoms with Crippen LogP contribution in [-0.2, 0) is 29.1 Å². The molecule has 0 aliphatic carbocycles. The number of rotatable bonds is 11. The average Bonchev–Trinajstić information content (AvgIpc) is 2.77. The molecule has 2 atom stereocenters. The Hall–Kier alpha value is -1.40. The van der Waals surface area contributed by atoms with Gasteiger partial charge in [-0.2, -0.15) is 0 Å². The first-order chi connectivity index (χ1) is 16.1. The van der Waals surface area contributed by atoms with E-state index in [9.17, 15) is 18.0 Å². The van der Waals surface area contributed by atoms with Gasteiger partial charge in [-0.25, -0.2) is 12.7 Å². The monoisotopic (exact) mass is 516 g/mol. The predicted molar refractivity (Wildman–Crippen MR) is 135 cm³/mol. The summed E-state index contributed by atoms with van der Waals surface area (Å²) in [5, 5.41) is 10.9. The Kier molecular flexibility index (Phi) is 10.4. The van der Waals surface area contributed by atoms with Crippen LogP contribution in [0.25, 0.3) is 0 Å². The molecule has 10 nitrogen and oxygen atoms in total. The Balaban J connectivity index is 1.85. The van der Waals surface area contributed by atoms with Crippen molar-refractivity contribution in [3.63, 3.8) is 0 Å². The molecule has 0 aromatic heterocycles. The highest BCUT2D eigenvalue weighted by Crippen LogP contribution is 2.24. The van der Waals surface area contributed by atoms with Crippen molar-refractivity contribution in [1.29, 1.82) is 5.41 Å². The third-order valence-electron chi connectivity index (χ3n) is 7.17. The first-order valence-corrected chi connectivity index (χ1v) is 14.3. The molecule has 2 N–H and O–H groups in total. The second-order valence-electron chi connectivity index (χ2n) is 11.1. The molecule has 2 aliphatic rings. The standard InChI is InChI=1S/C24H44N4O6S/c1-23(2,17-34-21-11-7-8-13-33-21)19(25)14-20(29)26-22(30)24(3,4)27(5)15-18-10-9-12-28(16-18)35(6,31)32/h18,21,25H,7-17H2,1-6H3,(H,26,29,30). The van der Waals surface area contributed by atoms with Gasteiger partial charge < -0.3 is 14.9 Å². The van der Waals surface area contributed by atoms with E-state index in [1.807, 2.05) is 18.7 Å². The second kappa shape index (κ2) is 12.2. The molecule has 2 amide bonds. The van der Waals surface area contributed by atoms with E-state index in [2.05, 4.69) is 5.32 Å². The molecule has 0 radical (unpaired) electrons. The summed E-state index contributed by atoms with van der Waals surface area (Å²) >= 11 is 0. The van der Waals surface area contributed by atoms with E-state index in [1.54, 1.807) is 20.9 Å². The first kappa shape index (κ1) is 29.8. The largest absolute Gasteiger partial charge is 0.353 e. The number of nitrogens with one attached hydrogen (secondary N) is 2. The minimum Gasteiger partial charge on any atom is -0.353 e. The Labute approximate surface area is 210 Å². The van der Waals surface area contributed by atoms with Gasteiger partial charge in [0.15, 0.2) is 6.29 Å². The number of imide groups is 1. The summed E-state index contributed by atoms with van der Waals surface area (Å²) in [7, 11) is -1.44. The fourth-order valence-corrected chi connectivity index (χ4v) is 5.16. The highest BCUT2D eigenvalue weighted by atomic mass is 32.2. The second-order valence-corrected chi connectivity index (χ2v) is 13.1. The summed E-state index contributed by atoms with van der Waals surface area (Å²) in [5.74, 6) is -0.865. The first-order valence-electron chi connectivity index (χ1n) is 12.4. The number of hydrogen-bond acceptors (Lipinski definition) is 8. The highest BCUT2D eigenvalue weighted by Gasteiger charge is 2.37. The van der Waals surface area contributed by atoms with Gasteiger partial charge in [-0.15, -0.1) is 0 Å². The molecule has 0 spiro atoms. The van der Waals surface area contributed by atoms with Crippen LogP contribution < -0.4 is 5.32 Å². The predicted octanol–water partition coefficient (Wildman–Crippen LogP) is 1.99. The van der Waals surface area contributed by atoms with E-state index in [-0.39, 0.29) is 30.9 Å². The molecule has 202 valence electrons. The van der Waals surface area contributed by atoms with Gasteiger partial charge in [0.1, 0.15) is 0 Å². The van der Waals surface area contributed by atoms with Crippen molar-refractivity contribution in [2.75, 3.05) is 46.2 Å². The van der Waals surface area contributed by atoms with Gasteiger partial charge in [0.05, 0.1) is 24.8 Å². The highest BCUT2D eigenvalue weighted by molar-refractivity contribution is 7.88. The number of piperidine rings is 1. The topological polar surface area (TPSA) is 129 Å². The number of nitrogens with zero attached hydrogens (tertiary/aromatic N) is 2. The van der Waals surface area contributed by atoms with Crippen LogP contribution in [0.4, 0.5) is 0 Å². The zero-order chi connectivity index (χ0) is 26.4. The summed E-state index contributed by atoms with van der Waals surface area (Å²) in [6.07, 6.45) is 5.33. The van der Waals surface area contributed by atoms with Crippen LogP contribution in [0, 0.1) is 16.7 Å². The van der Waals surface area contributed by atoms with Crippen molar-refractivity contribution in [3.8, 4) is 0 Å². The van der Waals surface area contributed by atoms with E-state index in [4.69, 9.17) is 14.9 Å². The number of hydrogen-bond donors (Lipinski definition) is 2. The summed E-state index contributed by atoms with van der Waals surface area (Å²) < 4.78 is 36.7. The van der Waals surface area contributed by atoms with Crippen molar-refractivity contribution in [2.24, 2.45) is 11.3 Å². The maximum Gasteiger partial charge on any atom is 0.246 e. The van der Waals surface area contributed by atoms with Crippen molar-refractivity contribution < 1.29 is 27.5 Å². The summed E-state index contributed by atoms with van der Waals surface area (Å²) in [6, 6.07) is 0. The molecule has 2 aliphatic heterocycles. The number of carbonyl (C=O) groups is 2. The van der Waals surface area contributed by atoms with Crippen LogP contribution in [0.5, 0.6) is 0 Å². The van der Waals surface area contributed by atoms with Crippen LogP contribution in [0.1, 0.15) is 66.2 Å². The number of carbonyl (C=O) groups excluding carboxylic acids is 2. The molecule has 2 unspecified atom stereocenters. The quantitative estimate of drug-likeness (QED) is 0.402. The lowest BCUT2D eigenvalue weighted by Crippen LogP contribution is -2.56. The van der Waals surface area contributed by atoms with Gasteiger partial charge in [0, 0.05) is 37.4 Å². The Morgan fingerprint density at radius 3 is 2.46 bits per heavy atom. The number of sulfonamides is 1. The van der Waals surface area contributed by atoms with Gasteiger partial charge in [-0.3, -0.25) is 19.8 Å². The lowest BCUT2D eigenvalue weighted by molar-refractivity contribution is -0.171. The van der Waals surface area contributed by atoms with E-state index >= 15 is 0 Å². The van der Waals surface area contributed by atoms with E-state index in [0.717, 1.165) is 32.1 Å². The molecule has 0 bridgehead atoms. The van der Waals surface area contributed by atoms with Crippen LogP contribution >= 0.6 is 0 Å². The SMILES string of the molecule is CN(CC1CCCN(S(C)(=O)=O)C1)C(C)(C)C(=O)NC(=O)CC(=N)C(C)(C)COC1CCCCO1. The fourth-order valence-electron chi connectivity index (χ4n) is 4.22. The maximum atomic E-state index is 13.0. The Bertz CT molecular complexity index is 867. The number of ether oxygens (including phenoxy) is 2. The van der Waals surface area contributed by atoms with Crippen molar-refractivity contribution >= 4 is 27.5 Å². The minimum atomic E-state index is -3.24. The zero-order valence-corrected chi connectivity index (χ0v) is 23.0. The summed E-state index contributed by atoms with van der Waals surface area (Å²) in [5.41, 5.74) is -1.46.